The van der Waals surface area contributed by atoms with Gasteiger partial charge < -0.3 is 19.0 Å². The Bertz CT molecular complexity index is 1230. The van der Waals surface area contributed by atoms with Crippen LogP contribution in [0.5, 0.6) is 5.75 Å². The number of nitrogens with one attached hydrogen (secondary N) is 1. The first-order valence-electron chi connectivity index (χ1n) is 11.4. The molecule has 174 valence electrons. The molecule has 1 aliphatic carbocycles. The molecule has 1 aromatic carbocycles. The predicted molar refractivity (Wildman–Crippen MR) is 127 cm³/mol. The number of methoxy groups -OCH3 is 1. The van der Waals surface area contributed by atoms with Gasteiger partial charge in [0.25, 0.3) is 5.91 Å². The van der Waals surface area contributed by atoms with Gasteiger partial charge in [-0.3, -0.25) is 14.5 Å². The van der Waals surface area contributed by atoms with Gasteiger partial charge in [-0.1, -0.05) is 31.4 Å². The molecule has 3 heterocycles. The highest BCUT2D eigenvalue weighted by atomic mass is 35.5. The van der Waals surface area contributed by atoms with Crippen molar-refractivity contribution in [3.05, 3.63) is 47.3 Å². The Balaban J connectivity index is 1.60. The van der Waals surface area contributed by atoms with Crippen molar-refractivity contribution >= 4 is 40.2 Å². The van der Waals surface area contributed by atoms with Crippen LogP contribution in [-0.4, -0.2) is 35.1 Å². The average molecular weight is 470 g/mol. The number of hydrogen-bond donors (Lipinski definition) is 1. The van der Waals surface area contributed by atoms with Crippen molar-refractivity contribution in [3.63, 3.8) is 0 Å². The average Bonchev–Trinajstić information content (AvgIpc) is 3.38. The molecule has 33 heavy (non-hydrogen) atoms. The second-order valence-electron chi connectivity index (χ2n) is 9.36. The molecule has 0 spiro atoms. The van der Waals surface area contributed by atoms with E-state index in [-0.39, 0.29) is 17.9 Å². The number of fused-ring (bicyclic) bond motifs is 3. The Labute approximate surface area is 197 Å². The van der Waals surface area contributed by atoms with E-state index in [1.807, 2.05) is 17.6 Å². The van der Waals surface area contributed by atoms with Crippen molar-refractivity contribution in [2.75, 3.05) is 12.0 Å². The number of hydrogen-bond acceptors (Lipinski definition) is 4. The van der Waals surface area contributed by atoms with Gasteiger partial charge in [-0.05, 0) is 43.9 Å². The highest BCUT2D eigenvalue weighted by Gasteiger charge is 2.49. The van der Waals surface area contributed by atoms with E-state index in [1.165, 1.54) is 13.5 Å². The third-order valence-electron chi connectivity index (χ3n) is 7.22. The summed E-state index contributed by atoms with van der Waals surface area (Å²) < 4.78 is 12.7. The van der Waals surface area contributed by atoms with E-state index in [0.29, 0.717) is 40.2 Å². The summed E-state index contributed by atoms with van der Waals surface area (Å²) >= 11 is 6.41. The van der Waals surface area contributed by atoms with Crippen molar-refractivity contribution in [2.24, 2.45) is 5.92 Å². The molecule has 0 bridgehead atoms. The molecule has 5 rings (SSSR count). The largest absolute Gasteiger partial charge is 0.495 e. The number of anilines is 1. The van der Waals surface area contributed by atoms with Gasteiger partial charge in [0.1, 0.15) is 17.0 Å². The molecule has 3 aromatic rings. The summed E-state index contributed by atoms with van der Waals surface area (Å²) in [6, 6.07) is 8.81. The van der Waals surface area contributed by atoms with Crippen LogP contribution in [0.15, 0.2) is 41.0 Å². The van der Waals surface area contributed by atoms with Crippen LogP contribution >= 0.6 is 11.6 Å². The van der Waals surface area contributed by atoms with Crippen LogP contribution < -0.4 is 15.0 Å². The van der Waals surface area contributed by atoms with E-state index in [9.17, 15) is 9.59 Å². The van der Waals surface area contributed by atoms with Gasteiger partial charge in [0.2, 0.25) is 5.91 Å². The maximum Gasteiger partial charge on any atom is 0.276 e. The van der Waals surface area contributed by atoms with Crippen LogP contribution in [0.2, 0.25) is 5.02 Å². The maximum atomic E-state index is 13.9. The smallest absolute Gasteiger partial charge is 0.276 e. The third kappa shape index (κ3) is 3.50. The van der Waals surface area contributed by atoms with E-state index in [2.05, 4.69) is 12.2 Å². The van der Waals surface area contributed by atoms with Crippen molar-refractivity contribution in [1.29, 1.82) is 0 Å². The summed E-state index contributed by atoms with van der Waals surface area (Å²) in [5.74, 6) is 0.464. The molecule has 0 unspecified atom stereocenters. The summed E-state index contributed by atoms with van der Waals surface area (Å²) in [5, 5.41) is 3.65. The Morgan fingerprint density at radius 2 is 2.03 bits per heavy atom. The Hall–Kier alpha value is -2.93. The molecule has 2 aromatic heterocycles. The zero-order chi connectivity index (χ0) is 23.3. The molecule has 0 saturated heterocycles. The number of halogens is 1. The molecular weight excluding hydrogens is 442 g/mol. The molecule has 8 heteroatoms. The Morgan fingerprint density at radius 3 is 2.76 bits per heavy atom. The van der Waals surface area contributed by atoms with E-state index in [1.54, 1.807) is 35.4 Å². The molecular formula is C25H28ClN3O4. The van der Waals surface area contributed by atoms with Crippen molar-refractivity contribution < 1.29 is 18.7 Å². The first-order chi connectivity index (χ1) is 15.8. The first kappa shape index (κ1) is 21.9. The normalized spacial score (nSPS) is 25.2. The topological polar surface area (TPSA) is 76.7 Å². The Kier molecular flexibility index (Phi) is 5.40. The molecule has 7 nitrogen and oxygen atoms in total. The monoisotopic (exact) mass is 469 g/mol. The standard InChI is InChI=1S/C25H28ClN3O4/c1-15-6-4-5-7-18(15)27-24(31)25(2)14-28-19-10-11-33-22(19)13-20(28)23(30)29(25)16-8-9-21(32-3)17(26)12-16/h8-13,15,18H,4-7,14H2,1-3H3,(H,27,31)/t15-,18+,25+/m0/s1. The van der Waals surface area contributed by atoms with Gasteiger partial charge in [0, 0.05) is 23.9 Å². The lowest BCUT2D eigenvalue weighted by atomic mass is 9.84. The van der Waals surface area contributed by atoms with Crippen LogP contribution in [0, 0.1) is 5.92 Å². The van der Waals surface area contributed by atoms with E-state index >= 15 is 0 Å². The van der Waals surface area contributed by atoms with Gasteiger partial charge in [-0.2, -0.15) is 0 Å². The SMILES string of the molecule is COc1ccc(N2C(=O)c3cc4occc4n3C[C@]2(C)C(=O)N[C@@H]2CCCC[C@@H]2C)cc1Cl. The summed E-state index contributed by atoms with van der Waals surface area (Å²) in [7, 11) is 1.54. The lowest BCUT2D eigenvalue weighted by Gasteiger charge is -2.45. The van der Waals surface area contributed by atoms with Crippen LogP contribution in [0.25, 0.3) is 11.1 Å². The number of amides is 2. The fraction of sp³-hybridized carbons (Fsp3) is 0.440. The number of nitrogens with zero attached hydrogens (tertiary/aromatic N) is 2. The zero-order valence-electron chi connectivity index (χ0n) is 19.1. The molecule has 0 radical (unpaired) electrons. The van der Waals surface area contributed by atoms with E-state index in [4.69, 9.17) is 20.8 Å². The quantitative estimate of drug-likeness (QED) is 0.582. The molecule has 1 fully saturated rings. The minimum Gasteiger partial charge on any atom is -0.495 e. The predicted octanol–water partition coefficient (Wildman–Crippen LogP) is 5.01. The number of aromatic nitrogens is 1. The second kappa shape index (κ2) is 8.13. The van der Waals surface area contributed by atoms with Gasteiger partial charge in [0.05, 0.1) is 30.5 Å². The molecule has 2 aliphatic rings. The highest BCUT2D eigenvalue weighted by molar-refractivity contribution is 6.32. The minimum atomic E-state index is -1.16. The van der Waals surface area contributed by atoms with Crippen molar-refractivity contribution in [3.8, 4) is 5.75 Å². The van der Waals surface area contributed by atoms with Gasteiger partial charge in [-0.25, -0.2) is 0 Å². The zero-order valence-corrected chi connectivity index (χ0v) is 19.8. The summed E-state index contributed by atoms with van der Waals surface area (Å²) in [4.78, 5) is 29.3. The molecule has 3 atom stereocenters. The summed E-state index contributed by atoms with van der Waals surface area (Å²) in [6.45, 7) is 4.30. The molecule has 2 amide bonds. The Morgan fingerprint density at radius 1 is 1.24 bits per heavy atom. The maximum absolute atomic E-state index is 13.9. The number of carbonyl (C=O) groups excluding carboxylic acids is 2. The third-order valence-corrected chi connectivity index (χ3v) is 7.51. The molecule has 1 saturated carbocycles. The minimum absolute atomic E-state index is 0.0967. The first-order valence-corrected chi connectivity index (χ1v) is 11.8. The van der Waals surface area contributed by atoms with Gasteiger partial charge in [-0.15, -0.1) is 0 Å². The van der Waals surface area contributed by atoms with Crippen molar-refractivity contribution in [2.45, 2.75) is 57.7 Å². The highest BCUT2D eigenvalue weighted by Crippen LogP contribution is 2.39. The van der Waals surface area contributed by atoms with Gasteiger partial charge >= 0.3 is 0 Å². The van der Waals surface area contributed by atoms with Crippen LogP contribution in [0.1, 0.15) is 50.0 Å². The molecule has 1 aliphatic heterocycles. The van der Waals surface area contributed by atoms with Crippen molar-refractivity contribution in [1.82, 2.24) is 9.88 Å². The van der Waals surface area contributed by atoms with E-state index in [0.717, 1.165) is 24.8 Å². The van der Waals surface area contributed by atoms with Crippen LogP contribution in [0.4, 0.5) is 5.69 Å². The number of rotatable bonds is 4. The number of ether oxygens (including phenoxy) is 1. The fourth-order valence-corrected chi connectivity index (χ4v) is 5.52. The molecule has 1 N–H and O–H groups in total. The number of furan rings is 1. The lowest BCUT2D eigenvalue weighted by Crippen LogP contribution is -2.65. The fourth-order valence-electron chi connectivity index (χ4n) is 5.27. The second-order valence-corrected chi connectivity index (χ2v) is 9.77. The van der Waals surface area contributed by atoms with Gasteiger partial charge in [0.15, 0.2) is 5.58 Å². The lowest BCUT2D eigenvalue weighted by molar-refractivity contribution is -0.127. The number of carbonyl (C=O) groups is 2. The van der Waals surface area contributed by atoms with E-state index < -0.39 is 5.54 Å². The summed E-state index contributed by atoms with van der Waals surface area (Å²) in [6.07, 6.45) is 5.92. The number of benzene rings is 1. The summed E-state index contributed by atoms with van der Waals surface area (Å²) in [5.41, 5.74) is 1.28. The van der Waals surface area contributed by atoms with Crippen LogP contribution in [0.3, 0.4) is 0 Å². The van der Waals surface area contributed by atoms with Crippen LogP contribution in [-0.2, 0) is 11.3 Å².